The van der Waals surface area contributed by atoms with Gasteiger partial charge in [0.25, 0.3) is 5.91 Å². The third-order valence-electron chi connectivity index (χ3n) is 4.83. The molecule has 3 rings (SSSR count). The Bertz CT molecular complexity index is 1020. The lowest BCUT2D eigenvalue weighted by atomic mass is 10.1. The summed E-state index contributed by atoms with van der Waals surface area (Å²) >= 11 is 1.34. The minimum atomic E-state index is -0.158. The zero-order valence-electron chi connectivity index (χ0n) is 16.9. The van der Waals surface area contributed by atoms with Gasteiger partial charge in [0, 0.05) is 41.1 Å². The van der Waals surface area contributed by atoms with Gasteiger partial charge in [0.1, 0.15) is 4.83 Å². The lowest BCUT2D eigenvalue weighted by Gasteiger charge is -2.27. The first kappa shape index (κ1) is 20.0. The van der Waals surface area contributed by atoms with E-state index in [-0.39, 0.29) is 11.7 Å². The Morgan fingerprint density at radius 2 is 1.89 bits per heavy atom. The largest absolute Gasteiger partial charge is 0.369 e. The van der Waals surface area contributed by atoms with Crippen LogP contribution in [0, 0.1) is 6.92 Å². The molecule has 3 aromatic rings. The second kappa shape index (κ2) is 8.10. The quantitative estimate of drug-likeness (QED) is 0.576. The van der Waals surface area contributed by atoms with E-state index in [1.807, 2.05) is 37.3 Å². The molecule has 0 bridgehead atoms. The average molecular weight is 396 g/mol. The van der Waals surface area contributed by atoms with Crippen LogP contribution in [0.1, 0.15) is 53.3 Å². The monoisotopic (exact) mass is 395 g/mol. The number of nitrogens with zero attached hydrogens (tertiary/aromatic N) is 2. The van der Waals surface area contributed by atoms with Crippen LogP contribution < -0.4 is 10.2 Å². The van der Waals surface area contributed by atoms with Crippen LogP contribution in [0.4, 0.5) is 11.4 Å². The summed E-state index contributed by atoms with van der Waals surface area (Å²) in [6, 6.07) is 10.1. The first-order chi connectivity index (χ1) is 13.3. The third-order valence-corrected chi connectivity index (χ3v) is 6.04. The minimum Gasteiger partial charge on any atom is -0.369 e. The predicted molar refractivity (Wildman–Crippen MR) is 117 cm³/mol. The van der Waals surface area contributed by atoms with E-state index in [1.165, 1.54) is 18.3 Å². The van der Waals surface area contributed by atoms with E-state index in [2.05, 4.69) is 36.0 Å². The number of nitrogens with one attached hydrogen (secondary N) is 1. The molecular weight excluding hydrogens is 370 g/mol. The van der Waals surface area contributed by atoms with Crippen molar-refractivity contribution in [2.75, 3.05) is 16.8 Å². The van der Waals surface area contributed by atoms with Crippen LogP contribution in [0.25, 0.3) is 10.2 Å². The van der Waals surface area contributed by atoms with Gasteiger partial charge in [0.15, 0.2) is 5.78 Å². The summed E-state index contributed by atoms with van der Waals surface area (Å²) in [4.78, 5) is 32.4. The van der Waals surface area contributed by atoms with Crippen LogP contribution in [0.3, 0.4) is 0 Å². The fraction of sp³-hybridized carbons (Fsp3) is 0.318. The Morgan fingerprint density at radius 1 is 1.21 bits per heavy atom. The van der Waals surface area contributed by atoms with Gasteiger partial charge in [0.2, 0.25) is 0 Å². The number of carbonyl (C=O) groups excluding carboxylic acids is 2. The molecule has 1 amide bonds. The van der Waals surface area contributed by atoms with Gasteiger partial charge in [-0.15, -0.1) is 11.3 Å². The molecule has 0 unspecified atom stereocenters. The Morgan fingerprint density at radius 3 is 2.46 bits per heavy atom. The number of aryl methyl sites for hydroxylation is 1. The van der Waals surface area contributed by atoms with E-state index in [0.29, 0.717) is 16.5 Å². The maximum Gasteiger partial charge on any atom is 0.266 e. The molecule has 0 saturated carbocycles. The highest BCUT2D eigenvalue weighted by Crippen LogP contribution is 2.31. The second-order valence-electron chi connectivity index (χ2n) is 7.07. The number of Topliss-reactive ketones (excluding diaryl/α,β-unsaturated/α-hetero) is 1. The summed E-state index contributed by atoms with van der Waals surface area (Å²) in [6.45, 7) is 10.8. The highest BCUT2D eigenvalue weighted by molar-refractivity contribution is 7.20. The van der Waals surface area contributed by atoms with E-state index >= 15 is 0 Å². The summed E-state index contributed by atoms with van der Waals surface area (Å²) in [5.74, 6) is -0.192. The molecule has 5 nitrogen and oxygen atoms in total. The molecule has 0 fully saturated rings. The van der Waals surface area contributed by atoms with Crippen LogP contribution in [0.15, 0.2) is 36.5 Å². The first-order valence-electron chi connectivity index (χ1n) is 9.40. The zero-order valence-corrected chi connectivity index (χ0v) is 17.7. The second-order valence-corrected chi connectivity index (χ2v) is 8.07. The van der Waals surface area contributed by atoms with Crippen molar-refractivity contribution in [2.45, 2.75) is 40.7 Å². The molecule has 0 aliphatic carbocycles. The van der Waals surface area contributed by atoms with Gasteiger partial charge >= 0.3 is 0 Å². The number of hydrogen-bond acceptors (Lipinski definition) is 5. The predicted octanol–water partition coefficient (Wildman–Crippen LogP) is 5.29. The number of rotatable bonds is 6. The van der Waals surface area contributed by atoms with Crippen molar-refractivity contribution in [2.24, 2.45) is 0 Å². The van der Waals surface area contributed by atoms with Crippen LogP contribution >= 0.6 is 11.3 Å². The molecule has 28 heavy (non-hydrogen) atoms. The Labute approximate surface area is 169 Å². The lowest BCUT2D eigenvalue weighted by Crippen LogP contribution is -2.30. The highest BCUT2D eigenvalue weighted by Gasteiger charge is 2.18. The molecule has 6 heteroatoms. The van der Waals surface area contributed by atoms with Crippen molar-refractivity contribution in [3.63, 3.8) is 0 Å². The summed E-state index contributed by atoms with van der Waals surface area (Å²) < 4.78 is 0. The van der Waals surface area contributed by atoms with Gasteiger partial charge in [-0.25, -0.2) is 4.98 Å². The molecule has 0 atom stereocenters. The van der Waals surface area contributed by atoms with Gasteiger partial charge in [-0.2, -0.15) is 0 Å². The average Bonchev–Trinajstić information content (AvgIpc) is 2.99. The standard InChI is InChI=1S/C22H25N3O2S/c1-6-25(13(2)3)18-9-7-17(8-10-18)24-21(27)20-14(4)19-11-16(15(5)26)12-23-22(19)28-20/h7-13H,6H2,1-5H3,(H,24,27). The van der Waals surface area contributed by atoms with E-state index < -0.39 is 0 Å². The smallest absolute Gasteiger partial charge is 0.266 e. The van der Waals surface area contributed by atoms with E-state index in [0.717, 1.165) is 33.7 Å². The fourth-order valence-corrected chi connectivity index (χ4v) is 4.30. The van der Waals surface area contributed by atoms with Crippen LogP contribution in [-0.4, -0.2) is 29.3 Å². The number of thiophene rings is 1. The van der Waals surface area contributed by atoms with Gasteiger partial charge in [0.05, 0.1) is 4.88 Å². The molecular formula is C22H25N3O2S. The zero-order chi connectivity index (χ0) is 20.4. The molecule has 2 aromatic heterocycles. The van der Waals surface area contributed by atoms with Crippen molar-refractivity contribution >= 4 is 44.6 Å². The number of benzene rings is 1. The number of amides is 1. The third kappa shape index (κ3) is 3.92. The maximum absolute atomic E-state index is 12.8. The topological polar surface area (TPSA) is 62.3 Å². The first-order valence-corrected chi connectivity index (χ1v) is 10.2. The summed E-state index contributed by atoms with van der Waals surface area (Å²) in [7, 11) is 0. The van der Waals surface area contributed by atoms with E-state index in [1.54, 1.807) is 6.20 Å². The molecule has 0 radical (unpaired) electrons. The molecule has 0 aliphatic rings. The van der Waals surface area contributed by atoms with Gasteiger partial charge in [-0.1, -0.05) is 0 Å². The molecule has 146 valence electrons. The van der Waals surface area contributed by atoms with Crippen molar-refractivity contribution in [3.8, 4) is 0 Å². The summed E-state index contributed by atoms with van der Waals surface area (Å²) in [5, 5.41) is 3.82. The number of fused-ring (bicyclic) bond motifs is 1. The SMILES string of the molecule is CCN(c1ccc(NC(=O)c2sc3ncc(C(C)=O)cc3c2C)cc1)C(C)C. The minimum absolute atomic E-state index is 0.0337. The normalized spacial score (nSPS) is 11.1. The molecule has 0 saturated heterocycles. The van der Waals surface area contributed by atoms with Crippen LogP contribution in [-0.2, 0) is 0 Å². The van der Waals surface area contributed by atoms with Crippen molar-refractivity contribution in [1.82, 2.24) is 4.98 Å². The lowest BCUT2D eigenvalue weighted by molar-refractivity contribution is 0.101. The highest BCUT2D eigenvalue weighted by atomic mass is 32.1. The molecule has 0 aliphatic heterocycles. The number of pyridine rings is 1. The van der Waals surface area contributed by atoms with E-state index in [9.17, 15) is 9.59 Å². The summed E-state index contributed by atoms with van der Waals surface area (Å²) in [5.41, 5.74) is 3.29. The molecule has 2 heterocycles. The molecule has 1 N–H and O–H groups in total. The maximum atomic E-state index is 12.8. The Balaban J connectivity index is 1.83. The number of anilines is 2. The van der Waals surface area contributed by atoms with Gasteiger partial charge < -0.3 is 10.2 Å². The molecule has 1 aromatic carbocycles. The molecule has 0 spiro atoms. The summed E-state index contributed by atoms with van der Waals surface area (Å²) in [6.07, 6.45) is 1.56. The van der Waals surface area contributed by atoms with Gasteiger partial charge in [-0.05, 0) is 70.5 Å². The number of carbonyl (C=O) groups is 2. The Kier molecular flexibility index (Phi) is 5.79. The number of aromatic nitrogens is 1. The van der Waals surface area contributed by atoms with E-state index in [4.69, 9.17) is 0 Å². The van der Waals surface area contributed by atoms with Crippen molar-refractivity contribution < 1.29 is 9.59 Å². The van der Waals surface area contributed by atoms with Gasteiger partial charge in [-0.3, -0.25) is 9.59 Å². The fourth-order valence-electron chi connectivity index (χ4n) is 3.28. The van der Waals surface area contributed by atoms with Crippen LogP contribution in [0.2, 0.25) is 0 Å². The Hall–Kier alpha value is -2.73. The van der Waals surface area contributed by atoms with Crippen LogP contribution in [0.5, 0.6) is 0 Å². The van der Waals surface area contributed by atoms with Crippen molar-refractivity contribution in [1.29, 1.82) is 0 Å². The van der Waals surface area contributed by atoms with Crippen molar-refractivity contribution in [3.05, 3.63) is 52.5 Å². The number of ketones is 1. The number of hydrogen-bond donors (Lipinski definition) is 1.